The summed E-state index contributed by atoms with van der Waals surface area (Å²) in [5.41, 5.74) is 9.49. The van der Waals surface area contributed by atoms with Gasteiger partial charge in [-0.05, 0) is 101 Å². The second-order valence-electron chi connectivity index (χ2n) is 15.2. The maximum atomic E-state index is 12.7. The molecule has 10 aromatic carbocycles. The van der Waals surface area contributed by atoms with Gasteiger partial charge in [-0.1, -0.05) is 170 Å². The van der Waals surface area contributed by atoms with E-state index in [-0.39, 0.29) is 0 Å². The Kier molecular flexibility index (Phi) is 9.56. The van der Waals surface area contributed by atoms with E-state index in [0.717, 1.165) is 77.2 Å². The van der Waals surface area contributed by atoms with Gasteiger partial charge in [0.05, 0.1) is 0 Å². The van der Waals surface area contributed by atoms with Gasteiger partial charge in [0.1, 0.15) is 0 Å². The molecule has 0 atom stereocenters. The van der Waals surface area contributed by atoms with Crippen molar-refractivity contribution < 1.29 is 18.1 Å². The number of benzene rings is 10. The largest absolute Gasteiger partial charge is 0.719 e. The van der Waals surface area contributed by atoms with Crippen LogP contribution >= 0.6 is 55.1 Å². The summed E-state index contributed by atoms with van der Waals surface area (Å²) in [5, 5.41) is 8.73. The van der Waals surface area contributed by atoms with Crippen LogP contribution in [0.2, 0.25) is 0 Å². The van der Waals surface area contributed by atoms with E-state index < -0.39 is 10.6 Å². The molecule has 4 nitrogen and oxygen atoms in total. The van der Waals surface area contributed by atoms with Crippen molar-refractivity contribution in [1.29, 1.82) is 0 Å². The smallest absolute Gasteiger partial charge is 0.471 e. The highest BCUT2D eigenvalue weighted by molar-refractivity contribution is 9.71. The third-order valence-electron chi connectivity index (χ3n) is 11.5. The van der Waals surface area contributed by atoms with E-state index in [0.29, 0.717) is 11.5 Å². The second-order valence-corrected chi connectivity index (χ2v) is 24.3. The summed E-state index contributed by atoms with van der Waals surface area (Å²) < 4.78 is 17.9. The molecule has 0 saturated heterocycles. The molecule has 0 radical (unpaired) electrons. The van der Waals surface area contributed by atoms with Crippen LogP contribution in [0.3, 0.4) is 0 Å². The van der Waals surface area contributed by atoms with Crippen molar-refractivity contribution in [2.75, 3.05) is 0 Å². The summed E-state index contributed by atoms with van der Waals surface area (Å²) in [7, 11) is -4.22. The second kappa shape index (κ2) is 15.2. The summed E-state index contributed by atoms with van der Waals surface area (Å²) in [6.45, 7) is 0. The average molecular weight is 1000 g/mol. The molecule has 1 heterocycles. The van der Waals surface area contributed by atoms with Gasteiger partial charge in [-0.2, -0.15) is 47.3 Å². The summed E-state index contributed by atoms with van der Waals surface area (Å²) in [5.74, 6) is 0.932. The maximum absolute atomic E-state index is 12.7. The molecule has 1 N–H and O–H groups in total. The molecule has 294 valence electrons. The maximum Gasteiger partial charge on any atom is 0.719 e. The molecule has 0 unspecified atom stereocenters. The quantitative estimate of drug-likeness (QED) is 0.106. The fourth-order valence-electron chi connectivity index (χ4n) is 8.64. The van der Waals surface area contributed by atoms with Crippen LogP contribution in [0.1, 0.15) is 0 Å². The molecule has 0 bridgehead atoms. The minimum absolute atomic E-state index is 0.466. The first-order valence-corrected chi connectivity index (χ1v) is 24.1. The number of halogens is 3. The van der Waals surface area contributed by atoms with Crippen LogP contribution in [0.4, 0.5) is 0 Å². The minimum Gasteiger partial charge on any atom is -0.471 e. The van der Waals surface area contributed by atoms with Crippen molar-refractivity contribution in [2.24, 2.45) is 0 Å². The normalized spacial score (nSPS) is 13.3. The topological polar surface area (TPSA) is 50.0 Å². The molecule has 61 heavy (non-hydrogen) atoms. The Bertz CT molecular complexity index is 3220. The van der Waals surface area contributed by atoms with Gasteiger partial charge < -0.3 is 13.2 Å². The number of rotatable bonds is 5. The molecule has 0 aliphatic carbocycles. The lowest BCUT2D eigenvalue weighted by Gasteiger charge is -2.18. The highest BCUT2D eigenvalue weighted by Crippen LogP contribution is 2.63. The first kappa shape index (κ1) is 38.5. The molecule has 1 aliphatic heterocycles. The lowest BCUT2D eigenvalue weighted by molar-refractivity contribution is 0.233. The van der Waals surface area contributed by atoms with E-state index in [9.17, 15) is 4.89 Å². The van der Waals surface area contributed by atoms with Gasteiger partial charge in [0.15, 0.2) is 11.5 Å². The number of fused-ring (bicyclic) bond motifs is 9. The Morgan fingerprint density at radius 2 is 0.721 bits per heavy atom. The molecule has 1 aliphatic rings. The average Bonchev–Trinajstić information content (AvgIpc) is 3.41. The molecule has 10 aromatic rings. The molecule has 11 rings (SSSR count). The van der Waals surface area contributed by atoms with Crippen LogP contribution in [-0.4, -0.2) is 7.71 Å². The summed E-state index contributed by atoms with van der Waals surface area (Å²) >= 11 is 10.6. The van der Waals surface area contributed by atoms with Crippen molar-refractivity contribution in [2.45, 2.75) is 0 Å². The summed E-state index contributed by atoms with van der Waals surface area (Å²) in [4.78, 5) is 12.7. The van der Waals surface area contributed by atoms with Crippen molar-refractivity contribution in [3.63, 3.8) is 0 Å². The molecule has 0 aromatic heterocycles. The van der Waals surface area contributed by atoms with E-state index in [2.05, 4.69) is 217 Å². The molecule has 0 amide bonds. The third kappa shape index (κ3) is 7.20. The fourth-order valence-corrected chi connectivity index (χ4v) is 11.8. The highest BCUT2D eigenvalue weighted by atomic mass is 79.9. The van der Waals surface area contributed by atoms with E-state index in [1.165, 1.54) is 21.5 Å². The Hall–Kier alpha value is -5.47. The van der Waals surface area contributed by atoms with Gasteiger partial charge in [0.2, 0.25) is 0 Å². The van der Waals surface area contributed by atoms with Crippen molar-refractivity contribution in [3.8, 4) is 67.1 Å². The molecule has 0 spiro atoms. The number of hydrogen-bond acceptors (Lipinski definition) is 2. The zero-order valence-electron chi connectivity index (χ0n) is 32.3. The summed E-state index contributed by atoms with van der Waals surface area (Å²) in [6.07, 6.45) is 0. The van der Waals surface area contributed by atoms with Crippen molar-refractivity contribution >= 4 is 101 Å². The predicted molar refractivity (Wildman–Crippen MR) is 267 cm³/mol. The van der Waals surface area contributed by atoms with Gasteiger partial charge in [-0.25, -0.2) is 4.89 Å². The first-order valence-electron chi connectivity index (χ1n) is 19.9. The lowest BCUT2D eigenvalue weighted by Crippen LogP contribution is -2.12. The van der Waals surface area contributed by atoms with Gasteiger partial charge in [0.25, 0.3) is 0 Å². The first-order chi connectivity index (χ1) is 29.7. The molecular formula is C52H33BBr3O4P. The zero-order valence-corrected chi connectivity index (χ0v) is 38.0. The molecule has 0 saturated carbocycles. The zero-order chi connectivity index (χ0) is 41.3. The lowest BCUT2D eigenvalue weighted by atomic mass is 9.86. The Labute approximate surface area is 377 Å². The van der Waals surface area contributed by atoms with Gasteiger partial charge in [0, 0.05) is 22.3 Å². The van der Waals surface area contributed by atoms with Crippen molar-refractivity contribution in [3.05, 3.63) is 194 Å². The van der Waals surface area contributed by atoms with E-state index in [1.807, 2.05) is 24.3 Å². The number of hydrogen-bond donors (Lipinski definition) is 1. The molecule has 0 fully saturated rings. The molecular weight excluding hydrogens is 970 g/mol. The van der Waals surface area contributed by atoms with Gasteiger partial charge >= 0.3 is 10.6 Å². The van der Waals surface area contributed by atoms with E-state index in [1.54, 1.807) is 0 Å². The standard InChI is InChI=1S/C52H33BBr3O4P/c54-53(55,56)60-61(57)58-51-47(37-23-17-35(18-24-37)41-27-21-33-9-1-3-11-39(33)29-41)31-43-13-5-7-15-45(43)49(51)50-46-16-8-6-14-44(46)32-48(52(50)59-61)38-25-19-36(20-26-38)42-28-22-34-10-2-4-12-40(34)30-42/h1-32,57H. The Morgan fingerprint density at radius 1 is 0.377 bits per heavy atom. The van der Waals surface area contributed by atoms with Crippen LogP contribution < -0.4 is 9.05 Å². The van der Waals surface area contributed by atoms with Crippen LogP contribution in [0, 0.1) is 0 Å². The minimum atomic E-state index is -4.22. The van der Waals surface area contributed by atoms with E-state index >= 15 is 0 Å². The van der Waals surface area contributed by atoms with Gasteiger partial charge in [-0.15, -0.1) is 0 Å². The van der Waals surface area contributed by atoms with E-state index in [4.69, 9.17) is 13.2 Å². The molecule has 9 heteroatoms. The van der Waals surface area contributed by atoms with Crippen LogP contribution in [-0.2, 0) is 4.11 Å². The predicted octanol–water partition coefficient (Wildman–Crippen LogP) is 16.7. The Morgan fingerprint density at radius 3 is 1.13 bits per heavy atom. The van der Waals surface area contributed by atoms with Crippen LogP contribution in [0.15, 0.2) is 194 Å². The van der Waals surface area contributed by atoms with Gasteiger partial charge in [-0.3, -0.25) is 0 Å². The van der Waals surface area contributed by atoms with Crippen LogP contribution in [0.5, 0.6) is 11.5 Å². The third-order valence-corrected chi connectivity index (χ3v) is 14.3. The monoisotopic (exact) mass is 1000 g/mol. The SMILES string of the molecule is OP1(=[O+][B-](Br)(Br)Br)Oc2c(-c3ccc(-c4ccc5ccccc5c4)cc3)cc3ccccc3c2-c2c(c(-c3ccc(-c4ccc5ccccc5c4)cc3)cc3ccccc23)O1. The Balaban J connectivity index is 1.14. The highest BCUT2D eigenvalue weighted by Gasteiger charge is 2.46. The summed E-state index contributed by atoms with van der Waals surface area (Å²) in [6, 6.07) is 67.7. The van der Waals surface area contributed by atoms with Crippen molar-refractivity contribution in [1.82, 2.24) is 0 Å². The van der Waals surface area contributed by atoms with Crippen LogP contribution in [0.25, 0.3) is 98.7 Å². The fraction of sp³-hybridized carbons (Fsp3) is 0.